The topological polar surface area (TPSA) is 49.6 Å². The van der Waals surface area contributed by atoms with Gasteiger partial charge in [-0.25, -0.2) is 9.97 Å². The Balaban J connectivity index is 3.25. The van der Waals surface area contributed by atoms with E-state index < -0.39 is 0 Å². The first-order chi connectivity index (χ1) is 4.74. The first kappa shape index (κ1) is 7.26. The van der Waals surface area contributed by atoms with E-state index in [9.17, 15) is 0 Å². The molecule has 1 aromatic rings. The molecule has 50 valence electrons. The molecule has 0 aromatic carbocycles. The van der Waals surface area contributed by atoms with E-state index in [4.69, 9.17) is 28.5 Å². The lowest BCUT2D eigenvalue weighted by Crippen LogP contribution is -1.87. The fourth-order valence-electron chi connectivity index (χ4n) is 0.424. The van der Waals surface area contributed by atoms with Crippen molar-refractivity contribution in [3.63, 3.8) is 0 Å². The van der Waals surface area contributed by atoms with Gasteiger partial charge in [-0.3, -0.25) is 0 Å². The second kappa shape index (κ2) is 2.82. The minimum atomic E-state index is 0.0502. The van der Waals surface area contributed by atoms with Crippen LogP contribution < -0.4 is 0 Å². The van der Waals surface area contributed by atoms with Gasteiger partial charge < -0.3 is 0 Å². The molecule has 10 heavy (non-hydrogen) atoms. The summed E-state index contributed by atoms with van der Waals surface area (Å²) in [6, 6.07) is 1.75. The van der Waals surface area contributed by atoms with Crippen LogP contribution in [0, 0.1) is 11.3 Å². The second-order valence-corrected chi connectivity index (χ2v) is 2.19. The number of aromatic nitrogens is 2. The van der Waals surface area contributed by atoms with Crippen molar-refractivity contribution >= 4 is 23.2 Å². The van der Waals surface area contributed by atoms with E-state index in [1.54, 1.807) is 6.07 Å². The van der Waals surface area contributed by atoms with Crippen molar-refractivity contribution in [3.05, 3.63) is 22.2 Å². The molecule has 0 aliphatic rings. The van der Waals surface area contributed by atoms with Gasteiger partial charge in [0.15, 0.2) is 10.8 Å². The second-order valence-electron chi connectivity index (χ2n) is 1.44. The van der Waals surface area contributed by atoms with Gasteiger partial charge in [-0.15, -0.1) is 0 Å². The van der Waals surface area contributed by atoms with Crippen molar-refractivity contribution in [2.24, 2.45) is 0 Å². The Morgan fingerprint density at radius 1 is 1.50 bits per heavy atom. The number of hydrogen-bond donors (Lipinski definition) is 0. The fraction of sp³-hybridized carbons (Fsp3) is 0. The molecule has 0 fully saturated rings. The van der Waals surface area contributed by atoms with Gasteiger partial charge in [0.25, 0.3) is 0 Å². The van der Waals surface area contributed by atoms with Crippen molar-refractivity contribution in [1.82, 2.24) is 9.97 Å². The molecule has 0 aliphatic carbocycles. The van der Waals surface area contributed by atoms with Gasteiger partial charge in [0.2, 0.25) is 0 Å². The summed E-state index contributed by atoms with van der Waals surface area (Å²) >= 11 is 10.9. The van der Waals surface area contributed by atoms with Gasteiger partial charge in [0.1, 0.15) is 11.2 Å². The van der Waals surface area contributed by atoms with Crippen LogP contribution in [0.25, 0.3) is 0 Å². The molecule has 0 amide bonds. The highest BCUT2D eigenvalue weighted by Gasteiger charge is 2.01. The Morgan fingerprint density at radius 2 is 2.20 bits per heavy atom. The highest BCUT2D eigenvalue weighted by molar-refractivity contribution is 6.31. The highest BCUT2D eigenvalue weighted by Crippen LogP contribution is 2.11. The standard InChI is InChI=1S/C5HCl2N3/c6-4-2-9-5(7)3(1-8)10-4/h2H/i1+1,3+1,5+1. The van der Waals surface area contributed by atoms with Gasteiger partial charge in [0.05, 0.1) is 6.20 Å². The lowest BCUT2D eigenvalue weighted by molar-refractivity contribution is 1.16. The molecular weight excluding hydrogens is 176 g/mol. The summed E-state index contributed by atoms with van der Waals surface area (Å²) in [4.78, 5) is 7.20. The van der Waals surface area contributed by atoms with Crippen molar-refractivity contribution in [2.45, 2.75) is 0 Å². The normalized spacial score (nSPS) is 8.90. The third kappa shape index (κ3) is 1.35. The van der Waals surface area contributed by atoms with Crippen molar-refractivity contribution in [2.75, 3.05) is 0 Å². The van der Waals surface area contributed by atoms with E-state index in [2.05, 4.69) is 9.97 Å². The van der Waals surface area contributed by atoms with Crippen LogP contribution in [0.15, 0.2) is 6.20 Å². The first-order valence-electron chi connectivity index (χ1n) is 2.32. The summed E-state index contributed by atoms with van der Waals surface area (Å²) in [5.74, 6) is 0. The molecule has 0 atom stereocenters. The molecular formula is C5HCl2N3. The Bertz CT molecular complexity index is 291. The maximum atomic E-state index is 8.35. The third-order valence-electron chi connectivity index (χ3n) is 0.804. The molecule has 0 N–H and O–H groups in total. The van der Waals surface area contributed by atoms with E-state index in [1.165, 1.54) is 6.20 Å². The minimum Gasteiger partial charge on any atom is -0.238 e. The van der Waals surface area contributed by atoms with Crippen LogP contribution >= 0.6 is 23.2 Å². The average Bonchev–Trinajstić information content (AvgIpc) is 1.94. The van der Waals surface area contributed by atoms with Gasteiger partial charge >= 0.3 is 0 Å². The predicted octanol–water partition coefficient (Wildman–Crippen LogP) is 1.66. The van der Waals surface area contributed by atoms with E-state index in [0.717, 1.165) is 0 Å². The lowest BCUT2D eigenvalue weighted by atomic mass is 10.9. The minimum absolute atomic E-state index is 0.0502. The Kier molecular flexibility index (Phi) is 2.05. The Hall–Kier alpha value is -0.850. The summed E-state index contributed by atoms with van der Waals surface area (Å²) in [6.07, 6.45) is 1.28. The van der Waals surface area contributed by atoms with E-state index in [-0.39, 0.29) is 16.0 Å². The zero-order valence-corrected chi connectivity index (χ0v) is 6.19. The first-order valence-corrected chi connectivity index (χ1v) is 3.08. The molecule has 0 bridgehead atoms. The number of nitriles is 1. The molecule has 5 heteroatoms. The quantitative estimate of drug-likeness (QED) is 0.566. The summed E-state index contributed by atoms with van der Waals surface area (Å²) in [7, 11) is 0. The smallest absolute Gasteiger partial charge is 0.179 e. The van der Waals surface area contributed by atoms with E-state index >= 15 is 0 Å². The van der Waals surface area contributed by atoms with Crippen LogP contribution in [0.4, 0.5) is 0 Å². The van der Waals surface area contributed by atoms with Crippen LogP contribution in [-0.4, -0.2) is 9.97 Å². The predicted molar refractivity (Wildman–Crippen MR) is 36.8 cm³/mol. The molecule has 0 radical (unpaired) electrons. The zero-order valence-electron chi connectivity index (χ0n) is 4.67. The molecule has 1 aromatic heterocycles. The summed E-state index contributed by atoms with van der Waals surface area (Å²) in [6.45, 7) is 0. The summed E-state index contributed by atoms with van der Waals surface area (Å²) in [5, 5.41) is 8.59. The maximum absolute atomic E-state index is 8.35. The van der Waals surface area contributed by atoms with Crippen LogP contribution in [0.2, 0.25) is 10.3 Å². The molecule has 1 rings (SSSR count). The number of hydrogen-bond acceptors (Lipinski definition) is 3. The van der Waals surface area contributed by atoms with Crippen molar-refractivity contribution in [1.29, 1.82) is 5.26 Å². The molecule has 0 spiro atoms. The number of rotatable bonds is 0. The SMILES string of the molecule is N#[13C][13c]1nc(Cl)cn[13c]1Cl. The molecule has 3 nitrogen and oxygen atoms in total. The summed E-state index contributed by atoms with van der Waals surface area (Å²) < 4.78 is 0. The molecule has 0 saturated carbocycles. The van der Waals surface area contributed by atoms with Crippen LogP contribution in [-0.2, 0) is 0 Å². The Labute approximate surface area is 67.2 Å². The Morgan fingerprint density at radius 3 is 2.70 bits per heavy atom. The van der Waals surface area contributed by atoms with E-state index in [0.29, 0.717) is 0 Å². The van der Waals surface area contributed by atoms with E-state index in [1.807, 2.05) is 0 Å². The number of nitrogens with zero attached hydrogens (tertiary/aromatic N) is 3. The third-order valence-corrected chi connectivity index (χ3v) is 1.26. The van der Waals surface area contributed by atoms with Gasteiger partial charge in [-0.05, 0) is 0 Å². The molecule has 0 saturated heterocycles. The van der Waals surface area contributed by atoms with Crippen molar-refractivity contribution in [3.8, 4) is 6.07 Å². The fourth-order valence-corrected chi connectivity index (χ4v) is 0.691. The monoisotopic (exact) mass is 176 g/mol. The van der Waals surface area contributed by atoms with Gasteiger partial charge in [0, 0.05) is 0 Å². The van der Waals surface area contributed by atoms with Gasteiger partial charge in [-0.2, -0.15) is 5.26 Å². The van der Waals surface area contributed by atoms with Crippen LogP contribution in [0.1, 0.15) is 5.69 Å². The lowest BCUT2D eigenvalue weighted by Gasteiger charge is -1.90. The molecule has 0 aliphatic heterocycles. The van der Waals surface area contributed by atoms with Gasteiger partial charge in [-0.1, -0.05) is 23.2 Å². The summed E-state index contributed by atoms with van der Waals surface area (Å²) in [5.41, 5.74) is 0.0502. The zero-order chi connectivity index (χ0) is 7.56. The molecule has 0 unspecified atom stereocenters. The maximum Gasteiger partial charge on any atom is 0.179 e. The molecule has 1 heterocycles. The average molecular weight is 177 g/mol. The van der Waals surface area contributed by atoms with Crippen molar-refractivity contribution < 1.29 is 0 Å². The largest absolute Gasteiger partial charge is 0.238 e. The number of halogens is 2. The van der Waals surface area contributed by atoms with Crippen LogP contribution in [0.3, 0.4) is 0 Å². The highest BCUT2D eigenvalue weighted by atomic mass is 35.5. The van der Waals surface area contributed by atoms with Crippen LogP contribution in [0.5, 0.6) is 0 Å².